The molecule has 0 aliphatic heterocycles. The van der Waals surface area contributed by atoms with Crippen molar-refractivity contribution >= 4 is 35.6 Å². The minimum absolute atomic E-state index is 0.0360. The Kier molecular flexibility index (Phi) is 5.23. The fourth-order valence-corrected chi connectivity index (χ4v) is 2.38. The molecule has 1 aromatic rings. The first-order chi connectivity index (χ1) is 8.49. The lowest BCUT2D eigenvalue weighted by molar-refractivity contribution is -0.127. The molecule has 2 radical (unpaired) electrons. The summed E-state index contributed by atoms with van der Waals surface area (Å²) in [7, 11) is 9.21. The van der Waals surface area contributed by atoms with E-state index in [1.165, 1.54) is 11.3 Å². The van der Waals surface area contributed by atoms with Gasteiger partial charge < -0.3 is 9.80 Å². The molecule has 18 heavy (non-hydrogen) atoms. The van der Waals surface area contributed by atoms with Gasteiger partial charge in [0.15, 0.2) is 0 Å². The molecule has 0 atom stereocenters. The zero-order valence-electron chi connectivity index (χ0n) is 10.9. The number of nitrogens with zero attached hydrogens (tertiary/aromatic N) is 3. The van der Waals surface area contributed by atoms with Gasteiger partial charge in [-0.2, -0.15) is 5.26 Å². The van der Waals surface area contributed by atoms with Crippen molar-refractivity contribution in [2.45, 2.75) is 13.3 Å². The molecule has 0 unspecified atom stereocenters. The first-order valence-electron chi connectivity index (χ1n) is 5.74. The molecule has 0 aliphatic rings. The van der Waals surface area contributed by atoms with E-state index in [2.05, 4.69) is 13.0 Å². The predicted molar refractivity (Wildman–Crippen MR) is 75.6 cm³/mol. The Morgan fingerprint density at radius 1 is 1.56 bits per heavy atom. The van der Waals surface area contributed by atoms with Crippen molar-refractivity contribution < 1.29 is 4.79 Å². The number of hydrogen-bond donors (Lipinski definition) is 0. The standard InChI is InChI=1S/C12H16BN3OS/c1-4-5-16(8-11(17)15(2)3)12-6-9(13)10(7-14)18-12/h6H,4-5,8H2,1-3H3. The first kappa shape index (κ1) is 14.6. The molecule has 0 bridgehead atoms. The Bertz CT molecular complexity index is 464. The van der Waals surface area contributed by atoms with Crippen molar-refractivity contribution in [2.75, 3.05) is 32.1 Å². The van der Waals surface area contributed by atoms with E-state index in [0.717, 1.165) is 18.0 Å². The second kappa shape index (κ2) is 6.46. The van der Waals surface area contributed by atoms with Gasteiger partial charge in [0.05, 0.1) is 16.4 Å². The number of nitriles is 1. The van der Waals surface area contributed by atoms with Gasteiger partial charge in [0.1, 0.15) is 13.9 Å². The minimum atomic E-state index is 0.0360. The molecule has 4 nitrogen and oxygen atoms in total. The molecule has 1 aromatic heterocycles. The van der Waals surface area contributed by atoms with Crippen LogP contribution in [0.1, 0.15) is 18.2 Å². The van der Waals surface area contributed by atoms with Gasteiger partial charge in [-0.3, -0.25) is 4.79 Å². The molecule has 0 N–H and O–H groups in total. The summed E-state index contributed by atoms with van der Waals surface area (Å²) < 4.78 is 0. The van der Waals surface area contributed by atoms with Crippen LogP contribution < -0.4 is 10.4 Å². The minimum Gasteiger partial charge on any atom is -0.354 e. The van der Waals surface area contributed by atoms with Gasteiger partial charge in [-0.25, -0.2) is 0 Å². The van der Waals surface area contributed by atoms with Crippen LogP contribution in [0.3, 0.4) is 0 Å². The Morgan fingerprint density at radius 3 is 2.67 bits per heavy atom. The van der Waals surface area contributed by atoms with Crippen molar-refractivity contribution in [3.05, 3.63) is 10.9 Å². The highest BCUT2D eigenvalue weighted by Crippen LogP contribution is 2.23. The topological polar surface area (TPSA) is 47.3 Å². The van der Waals surface area contributed by atoms with Crippen LogP contribution in [-0.4, -0.2) is 45.8 Å². The van der Waals surface area contributed by atoms with Gasteiger partial charge in [0, 0.05) is 20.6 Å². The number of amides is 1. The Morgan fingerprint density at radius 2 is 2.22 bits per heavy atom. The number of rotatable bonds is 5. The van der Waals surface area contributed by atoms with Gasteiger partial charge >= 0.3 is 0 Å². The molecule has 0 saturated carbocycles. The fourth-order valence-electron chi connectivity index (χ4n) is 1.48. The van der Waals surface area contributed by atoms with E-state index in [4.69, 9.17) is 13.1 Å². The van der Waals surface area contributed by atoms with Crippen LogP contribution in [0.2, 0.25) is 0 Å². The molecule has 1 amide bonds. The van der Waals surface area contributed by atoms with Crippen LogP contribution in [-0.2, 0) is 4.79 Å². The number of carbonyl (C=O) groups is 1. The van der Waals surface area contributed by atoms with Crippen LogP contribution in [0.4, 0.5) is 5.00 Å². The number of thiophene rings is 1. The third-order valence-corrected chi connectivity index (χ3v) is 3.60. The summed E-state index contributed by atoms with van der Waals surface area (Å²) in [5.74, 6) is 0.0360. The van der Waals surface area contributed by atoms with Gasteiger partial charge in [0.2, 0.25) is 5.91 Å². The quantitative estimate of drug-likeness (QED) is 0.734. The number of likely N-dealkylation sites (N-methyl/N-ethyl adjacent to an activating group) is 1. The van der Waals surface area contributed by atoms with Gasteiger partial charge in [-0.05, 0) is 12.5 Å². The molecule has 1 rings (SSSR count). The van der Waals surface area contributed by atoms with E-state index in [-0.39, 0.29) is 5.91 Å². The highest BCUT2D eigenvalue weighted by Gasteiger charge is 2.15. The van der Waals surface area contributed by atoms with Crippen molar-refractivity contribution in [3.8, 4) is 6.07 Å². The highest BCUT2D eigenvalue weighted by atomic mass is 32.1. The normalized spacial score (nSPS) is 9.89. The van der Waals surface area contributed by atoms with Crippen LogP contribution in [0.25, 0.3) is 0 Å². The summed E-state index contributed by atoms with van der Waals surface area (Å²) in [6, 6.07) is 3.83. The monoisotopic (exact) mass is 261 g/mol. The lowest BCUT2D eigenvalue weighted by atomic mass is 9.97. The lowest BCUT2D eigenvalue weighted by Crippen LogP contribution is -2.36. The Hall–Kier alpha value is -1.48. The number of carbonyl (C=O) groups excluding carboxylic acids is 1. The van der Waals surface area contributed by atoms with Crippen molar-refractivity contribution in [3.63, 3.8) is 0 Å². The van der Waals surface area contributed by atoms with E-state index in [1.54, 1.807) is 25.1 Å². The molecule has 94 valence electrons. The van der Waals surface area contributed by atoms with Gasteiger partial charge in [-0.1, -0.05) is 12.4 Å². The summed E-state index contributed by atoms with van der Waals surface area (Å²) in [6.45, 7) is 3.13. The van der Waals surface area contributed by atoms with E-state index >= 15 is 0 Å². The molecule has 0 spiro atoms. The van der Waals surface area contributed by atoms with Crippen LogP contribution in [0, 0.1) is 11.3 Å². The molecule has 0 saturated heterocycles. The van der Waals surface area contributed by atoms with Crippen molar-refractivity contribution in [1.82, 2.24) is 4.90 Å². The number of hydrogen-bond acceptors (Lipinski definition) is 4. The fraction of sp³-hybridized carbons (Fsp3) is 0.500. The third kappa shape index (κ3) is 3.51. The molecule has 0 aliphatic carbocycles. The van der Waals surface area contributed by atoms with Crippen molar-refractivity contribution in [1.29, 1.82) is 5.26 Å². The maximum Gasteiger partial charge on any atom is 0.241 e. The summed E-state index contributed by atoms with van der Waals surface area (Å²) in [5, 5.41) is 9.78. The van der Waals surface area contributed by atoms with E-state index < -0.39 is 0 Å². The maximum absolute atomic E-state index is 11.8. The smallest absolute Gasteiger partial charge is 0.241 e. The summed E-state index contributed by atoms with van der Waals surface area (Å²) in [6.07, 6.45) is 0.931. The zero-order chi connectivity index (χ0) is 13.7. The lowest BCUT2D eigenvalue weighted by Gasteiger charge is -2.23. The van der Waals surface area contributed by atoms with Crippen LogP contribution >= 0.6 is 11.3 Å². The number of anilines is 1. The molecular weight excluding hydrogens is 245 g/mol. The molecular formula is C12H16BN3OS. The summed E-state index contributed by atoms with van der Waals surface area (Å²) in [4.78, 5) is 15.8. The van der Waals surface area contributed by atoms with E-state index in [0.29, 0.717) is 16.9 Å². The van der Waals surface area contributed by atoms with Gasteiger partial charge in [-0.15, -0.1) is 11.3 Å². The average molecular weight is 261 g/mol. The molecule has 1 heterocycles. The Labute approximate surface area is 113 Å². The zero-order valence-corrected chi connectivity index (χ0v) is 11.8. The molecule has 6 heteroatoms. The summed E-state index contributed by atoms with van der Waals surface area (Å²) >= 11 is 1.33. The SMILES string of the molecule is [B]c1cc(N(CCC)CC(=O)N(C)C)sc1C#N. The van der Waals surface area contributed by atoms with Crippen molar-refractivity contribution in [2.24, 2.45) is 0 Å². The van der Waals surface area contributed by atoms with Crippen LogP contribution in [0.15, 0.2) is 6.07 Å². The largest absolute Gasteiger partial charge is 0.354 e. The molecule has 0 aromatic carbocycles. The maximum atomic E-state index is 11.8. The van der Waals surface area contributed by atoms with E-state index in [9.17, 15) is 4.79 Å². The Balaban J connectivity index is 2.90. The highest BCUT2D eigenvalue weighted by molar-refractivity contribution is 7.17. The first-order valence-corrected chi connectivity index (χ1v) is 6.55. The van der Waals surface area contributed by atoms with E-state index in [1.807, 2.05) is 4.90 Å². The second-order valence-corrected chi connectivity index (χ2v) is 5.22. The predicted octanol–water partition coefficient (Wildman–Crippen LogP) is 0.718. The molecule has 0 fully saturated rings. The van der Waals surface area contributed by atoms with Gasteiger partial charge in [0.25, 0.3) is 0 Å². The second-order valence-electron chi connectivity index (χ2n) is 4.19. The third-order valence-electron chi connectivity index (χ3n) is 2.48. The average Bonchev–Trinajstić information content (AvgIpc) is 2.69. The van der Waals surface area contributed by atoms with Crippen LogP contribution in [0.5, 0.6) is 0 Å². The summed E-state index contributed by atoms with van der Waals surface area (Å²) in [5.41, 5.74) is 0.482.